The average molecular weight is 193 g/mol. The highest BCUT2D eigenvalue weighted by molar-refractivity contribution is 5.30. The summed E-state index contributed by atoms with van der Waals surface area (Å²) in [7, 11) is 0. The monoisotopic (exact) mass is 193 g/mol. The number of rotatable bonds is 4. The summed E-state index contributed by atoms with van der Waals surface area (Å²) in [5, 5.41) is 0. The Bertz CT molecular complexity index is 280. The van der Waals surface area contributed by atoms with Gasteiger partial charge in [0.2, 0.25) is 5.95 Å². The molecule has 0 atom stereocenters. The number of aromatic nitrogens is 2. The van der Waals surface area contributed by atoms with E-state index in [1.807, 2.05) is 12.3 Å². The molecule has 0 spiro atoms. The Labute approximate surface area is 86.2 Å². The Morgan fingerprint density at radius 2 is 1.93 bits per heavy atom. The second-order valence-electron chi connectivity index (χ2n) is 3.61. The first kappa shape index (κ1) is 11.0. The van der Waals surface area contributed by atoms with Crippen molar-refractivity contribution in [1.82, 2.24) is 9.97 Å². The van der Waals surface area contributed by atoms with E-state index in [0.29, 0.717) is 5.92 Å². The lowest BCUT2D eigenvalue weighted by atomic mass is 10.1. The molecule has 0 aliphatic heterocycles. The van der Waals surface area contributed by atoms with Gasteiger partial charge in [0, 0.05) is 25.0 Å². The highest BCUT2D eigenvalue weighted by Gasteiger charge is 2.07. The van der Waals surface area contributed by atoms with Crippen LogP contribution in [0.4, 0.5) is 5.95 Å². The van der Waals surface area contributed by atoms with Crippen molar-refractivity contribution < 1.29 is 0 Å². The fourth-order valence-electron chi connectivity index (χ4n) is 1.34. The lowest BCUT2D eigenvalue weighted by Crippen LogP contribution is -2.24. The van der Waals surface area contributed by atoms with E-state index in [4.69, 9.17) is 0 Å². The first-order valence-electron chi connectivity index (χ1n) is 5.26. The highest BCUT2D eigenvalue weighted by Crippen LogP contribution is 2.14. The predicted octanol–water partition coefficient (Wildman–Crippen LogP) is 2.45. The molecule has 0 aliphatic rings. The molecule has 14 heavy (non-hydrogen) atoms. The van der Waals surface area contributed by atoms with Crippen molar-refractivity contribution in [3.8, 4) is 0 Å². The van der Waals surface area contributed by atoms with Crippen molar-refractivity contribution in [3.05, 3.63) is 18.0 Å². The molecular weight excluding hydrogens is 174 g/mol. The number of hydrogen-bond donors (Lipinski definition) is 0. The van der Waals surface area contributed by atoms with Crippen molar-refractivity contribution in [3.63, 3.8) is 0 Å². The normalized spacial score (nSPS) is 10.6. The molecule has 78 valence electrons. The fraction of sp³-hybridized carbons (Fsp3) is 0.636. The predicted molar refractivity (Wildman–Crippen MR) is 59.7 cm³/mol. The van der Waals surface area contributed by atoms with Gasteiger partial charge in [0.1, 0.15) is 0 Å². The molecule has 0 unspecified atom stereocenters. The van der Waals surface area contributed by atoms with Crippen LogP contribution in [-0.4, -0.2) is 23.1 Å². The summed E-state index contributed by atoms with van der Waals surface area (Å²) in [6.45, 7) is 10.4. The van der Waals surface area contributed by atoms with Crippen LogP contribution in [0.25, 0.3) is 0 Å². The third-order valence-corrected chi connectivity index (χ3v) is 2.30. The maximum atomic E-state index is 4.53. The largest absolute Gasteiger partial charge is 0.341 e. The van der Waals surface area contributed by atoms with Crippen LogP contribution in [0, 0.1) is 0 Å². The van der Waals surface area contributed by atoms with E-state index in [0.717, 1.165) is 24.7 Å². The minimum Gasteiger partial charge on any atom is -0.341 e. The van der Waals surface area contributed by atoms with Gasteiger partial charge in [-0.2, -0.15) is 0 Å². The van der Waals surface area contributed by atoms with E-state index in [9.17, 15) is 0 Å². The summed E-state index contributed by atoms with van der Waals surface area (Å²) in [5.41, 5.74) is 1.11. The van der Waals surface area contributed by atoms with Crippen LogP contribution in [0.5, 0.6) is 0 Å². The van der Waals surface area contributed by atoms with Gasteiger partial charge < -0.3 is 4.90 Å². The molecule has 1 heterocycles. The van der Waals surface area contributed by atoms with Gasteiger partial charge in [-0.25, -0.2) is 9.97 Å². The van der Waals surface area contributed by atoms with E-state index in [1.54, 1.807) is 0 Å². The second-order valence-corrected chi connectivity index (χ2v) is 3.61. The molecule has 0 fully saturated rings. The molecule has 1 rings (SSSR count). The average Bonchev–Trinajstić information content (AvgIpc) is 2.20. The molecule has 0 saturated carbocycles. The Balaban J connectivity index is 2.92. The summed E-state index contributed by atoms with van der Waals surface area (Å²) in [5.74, 6) is 1.31. The summed E-state index contributed by atoms with van der Waals surface area (Å²) in [4.78, 5) is 11.0. The Morgan fingerprint density at radius 3 is 2.43 bits per heavy atom. The minimum absolute atomic E-state index is 0.465. The van der Waals surface area contributed by atoms with Crippen LogP contribution < -0.4 is 4.90 Å². The Hall–Kier alpha value is -1.12. The van der Waals surface area contributed by atoms with Crippen LogP contribution in [0.1, 0.15) is 39.3 Å². The first-order chi connectivity index (χ1) is 6.69. The quantitative estimate of drug-likeness (QED) is 0.735. The molecular formula is C11H19N3. The molecule has 0 saturated heterocycles. The van der Waals surface area contributed by atoms with Crippen molar-refractivity contribution in [2.75, 3.05) is 18.0 Å². The van der Waals surface area contributed by atoms with Gasteiger partial charge in [-0.1, -0.05) is 13.8 Å². The molecule has 0 amide bonds. The summed E-state index contributed by atoms with van der Waals surface area (Å²) < 4.78 is 0. The van der Waals surface area contributed by atoms with Gasteiger partial charge in [0.15, 0.2) is 0 Å². The van der Waals surface area contributed by atoms with Gasteiger partial charge in [-0.05, 0) is 25.8 Å². The van der Waals surface area contributed by atoms with E-state index >= 15 is 0 Å². The zero-order valence-corrected chi connectivity index (χ0v) is 9.49. The molecule has 1 aromatic heterocycles. The van der Waals surface area contributed by atoms with E-state index < -0.39 is 0 Å². The smallest absolute Gasteiger partial charge is 0.225 e. The standard InChI is InChI=1S/C11H19N3/c1-5-14(6-2)11-12-8-7-10(13-11)9(3)4/h7-9H,5-6H2,1-4H3. The molecule has 0 bridgehead atoms. The van der Waals surface area contributed by atoms with Crippen LogP contribution in [-0.2, 0) is 0 Å². The van der Waals surface area contributed by atoms with E-state index in [2.05, 4.69) is 42.6 Å². The number of hydrogen-bond acceptors (Lipinski definition) is 3. The van der Waals surface area contributed by atoms with E-state index in [-0.39, 0.29) is 0 Å². The summed E-state index contributed by atoms with van der Waals surface area (Å²) in [6.07, 6.45) is 1.84. The SMILES string of the molecule is CCN(CC)c1nccc(C(C)C)n1. The van der Waals surface area contributed by atoms with Crippen molar-refractivity contribution in [2.45, 2.75) is 33.6 Å². The number of nitrogens with zero attached hydrogens (tertiary/aromatic N) is 3. The molecule has 0 radical (unpaired) electrons. The second kappa shape index (κ2) is 4.94. The fourth-order valence-corrected chi connectivity index (χ4v) is 1.34. The lowest BCUT2D eigenvalue weighted by molar-refractivity contribution is 0.774. The van der Waals surface area contributed by atoms with Gasteiger partial charge in [-0.15, -0.1) is 0 Å². The van der Waals surface area contributed by atoms with E-state index in [1.165, 1.54) is 0 Å². The summed E-state index contributed by atoms with van der Waals surface area (Å²) >= 11 is 0. The minimum atomic E-state index is 0.465. The third-order valence-electron chi connectivity index (χ3n) is 2.30. The third kappa shape index (κ3) is 2.44. The van der Waals surface area contributed by atoms with Gasteiger partial charge >= 0.3 is 0 Å². The number of anilines is 1. The zero-order valence-electron chi connectivity index (χ0n) is 9.49. The van der Waals surface area contributed by atoms with Crippen molar-refractivity contribution >= 4 is 5.95 Å². The lowest BCUT2D eigenvalue weighted by Gasteiger charge is -2.19. The van der Waals surface area contributed by atoms with Gasteiger partial charge in [-0.3, -0.25) is 0 Å². The van der Waals surface area contributed by atoms with Crippen LogP contribution in [0.15, 0.2) is 12.3 Å². The Morgan fingerprint density at radius 1 is 1.29 bits per heavy atom. The highest BCUT2D eigenvalue weighted by atomic mass is 15.2. The zero-order chi connectivity index (χ0) is 10.6. The molecule has 1 aromatic rings. The first-order valence-corrected chi connectivity index (χ1v) is 5.26. The topological polar surface area (TPSA) is 29.0 Å². The molecule has 3 nitrogen and oxygen atoms in total. The van der Waals surface area contributed by atoms with Gasteiger partial charge in [0.05, 0.1) is 0 Å². The van der Waals surface area contributed by atoms with Crippen molar-refractivity contribution in [1.29, 1.82) is 0 Å². The summed E-state index contributed by atoms with van der Waals surface area (Å²) in [6, 6.07) is 1.98. The van der Waals surface area contributed by atoms with Gasteiger partial charge in [0.25, 0.3) is 0 Å². The molecule has 0 N–H and O–H groups in total. The molecule has 3 heteroatoms. The van der Waals surface area contributed by atoms with Crippen molar-refractivity contribution in [2.24, 2.45) is 0 Å². The van der Waals surface area contributed by atoms with Crippen LogP contribution >= 0.6 is 0 Å². The van der Waals surface area contributed by atoms with Crippen LogP contribution in [0.2, 0.25) is 0 Å². The maximum absolute atomic E-state index is 4.53. The molecule has 0 aromatic carbocycles. The maximum Gasteiger partial charge on any atom is 0.225 e. The Kier molecular flexibility index (Phi) is 3.86. The molecule has 0 aliphatic carbocycles. The van der Waals surface area contributed by atoms with Crippen LogP contribution in [0.3, 0.4) is 0 Å².